The van der Waals surface area contributed by atoms with E-state index in [9.17, 15) is 9.59 Å². The van der Waals surface area contributed by atoms with Crippen LogP contribution >= 0.6 is 23.1 Å². The van der Waals surface area contributed by atoms with Crippen molar-refractivity contribution >= 4 is 62.3 Å². The summed E-state index contributed by atoms with van der Waals surface area (Å²) >= 11 is 2.96. The van der Waals surface area contributed by atoms with Crippen LogP contribution in [0.15, 0.2) is 95.3 Å². The fourth-order valence-corrected chi connectivity index (χ4v) is 5.49. The molecule has 0 aliphatic carbocycles. The van der Waals surface area contributed by atoms with Crippen molar-refractivity contribution in [3.63, 3.8) is 0 Å². The molecule has 0 fully saturated rings. The average Bonchev–Trinajstić information content (AvgIpc) is 3.52. The van der Waals surface area contributed by atoms with Gasteiger partial charge in [0, 0.05) is 46.2 Å². The van der Waals surface area contributed by atoms with Crippen LogP contribution in [0.1, 0.15) is 9.67 Å². The van der Waals surface area contributed by atoms with E-state index in [1.165, 1.54) is 23.1 Å². The molecule has 0 aliphatic rings. The Labute approximate surface area is 205 Å². The van der Waals surface area contributed by atoms with E-state index in [1.54, 1.807) is 0 Å². The number of carbonyl (C=O) groups is 2. The maximum Gasteiger partial charge on any atom is 0.261 e. The van der Waals surface area contributed by atoms with Crippen molar-refractivity contribution in [1.29, 1.82) is 0 Å². The maximum absolute atomic E-state index is 12.7. The highest BCUT2D eigenvalue weighted by atomic mass is 32.2. The highest BCUT2D eigenvalue weighted by Gasteiger charge is 2.12. The Morgan fingerprint density at radius 2 is 1.68 bits per heavy atom. The molecule has 34 heavy (non-hydrogen) atoms. The molecule has 5 nitrogen and oxygen atoms in total. The van der Waals surface area contributed by atoms with Gasteiger partial charge in [-0.2, -0.15) is 0 Å². The molecule has 2 aromatic heterocycles. The number of nitrogens with one attached hydrogen (secondary N) is 2. The molecule has 2 heterocycles. The zero-order chi connectivity index (χ0) is 23.3. The Balaban J connectivity index is 1.25. The van der Waals surface area contributed by atoms with Gasteiger partial charge in [0.2, 0.25) is 5.91 Å². The largest absolute Gasteiger partial charge is 0.350 e. The van der Waals surface area contributed by atoms with Crippen molar-refractivity contribution in [3.8, 4) is 0 Å². The molecule has 0 saturated carbocycles. The SMILES string of the molecule is O=C(CSc1cn(CCNC(=O)c2cccs2)c2ccccc12)Nc1cccc2ccccc12. The number of benzene rings is 3. The molecule has 2 amide bonds. The number of amides is 2. The van der Waals surface area contributed by atoms with Crippen LogP contribution in [-0.2, 0) is 11.3 Å². The summed E-state index contributed by atoms with van der Waals surface area (Å²) in [7, 11) is 0. The number of thiophene rings is 1. The van der Waals surface area contributed by atoms with E-state index in [0.717, 1.165) is 32.3 Å². The first-order valence-corrected chi connectivity index (χ1v) is 12.9. The predicted molar refractivity (Wildman–Crippen MR) is 142 cm³/mol. The van der Waals surface area contributed by atoms with Crippen molar-refractivity contribution in [1.82, 2.24) is 9.88 Å². The van der Waals surface area contributed by atoms with E-state index in [-0.39, 0.29) is 11.8 Å². The molecule has 2 N–H and O–H groups in total. The number of carbonyl (C=O) groups excluding carboxylic acids is 2. The van der Waals surface area contributed by atoms with Crippen molar-refractivity contribution in [3.05, 3.63) is 95.3 Å². The number of anilines is 1. The lowest BCUT2D eigenvalue weighted by Crippen LogP contribution is -2.26. The van der Waals surface area contributed by atoms with Crippen LogP contribution in [0, 0.1) is 0 Å². The second kappa shape index (κ2) is 10.2. The lowest BCUT2D eigenvalue weighted by atomic mass is 10.1. The molecule has 0 saturated heterocycles. The Kier molecular flexibility index (Phi) is 6.65. The number of rotatable bonds is 8. The fourth-order valence-electron chi connectivity index (χ4n) is 3.96. The van der Waals surface area contributed by atoms with Crippen LogP contribution < -0.4 is 10.6 Å². The molecular formula is C27H23N3O2S2. The summed E-state index contributed by atoms with van der Waals surface area (Å²) in [6.45, 7) is 1.18. The lowest BCUT2D eigenvalue weighted by Gasteiger charge is -2.08. The van der Waals surface area contributed by atoms with Crippen LogP contribution in [0.3, 0.4) is 0 Å². The summed E-state index contributed by atoms with van der Waals surface area (Å²) in [5.74, 6) is 0.222. The molecule has 0 atom stereocenters. The zero-order valence-corrected chi connectivity index (χ0v) is 20.0. The second-order valence-corrected chi connectivity index (χ2v) is 9.77. The number of aromatic nitrogens is 1. The molecule has 7 heteroatoms. The third kappa shape index (κ3) is 4.85. The van der Waals surface area contributed by atoms with Crippen molar-refractivity contribution in [2.45, 2.75) is 11.4 Å². The predicted octanol–water partition coefficient (Wildman–Crippen LogP) is 6.02. The van der Waals surface area contributed by atoms with E-state index in [0.29, 0.717) is 23.7 Å². The summed E-state index contributed by atoms with van der Waals surface area (Å²) in [4.78, 5) is 26.7. The van der Waals surface area contributed by atoms with Gasteiger partial charge in [0.1, 0.15) is 0 Å². The summed E-state index contributed by atoms with van der Waals surface area (Å²) < 4.78 is 2.13. The molecule has 5 aromatic rings. The van der Waals surface area contributed by atoms with Gasteiger partial charge < -0.3 is 15.2 Å². The van der Waals surface area contributed by atoms with E-state index in [2.05, 4.69) is 33.5 Å². The quantitative estimate of drug-likeness (QED) is 0.264. The minimum absolute atomic E-state index is 0.0404. The summed E-state index contributed by atoms with van der Waals surface area (Å²) in [5.41, 5.74) is 1.91. The minimum Gasteiger partial charge on any atom is -0.350 e. The minimum atomic E-state index is -0.0498. The van der Waals surface area contributed by atoms with Gasteiger partial charge in [-0.05, 0) is 29.0 Å². The molecule has 0 bridgehead atoms. The molecule has 170 valence electrons. The number of hydrogen-bond donors (Lipinski definition) is 2. The molecule has 0 radical (unpaired) electrons. The third-order valence-corrected chi connectivity index (χ3v) is 7.47. The molecule has 0 aliphatic heterocycles. The Morgan fingerprint density at radius 1 is 0.882 bits per heavy atom. The van der Waals surface area contributed by atoms with E-state index < -0.39 is 0 Å². The standard InChI is InChI=1S/C27H23N3O2S2/c31-26(29-22-11-5-8-19-7-1-2-9-20(19)22)18-34-25-17-30(23-12-4-3-10-21(23)25)15-14-28-27(32)24-13-6-16-33-24/h1-13,16-17H,14-15,18H2,(H,28,32)(H,29,31). The summed E-state index contributed by atoms with van der Waals surface area (Å²) in [6.07, 6.45) is 2.07. The lowest BCUT2D eigenvalue weighted by molar-refractivity contribution is -0.113. The van der Waals surface area contributed by atoms with E-state index in [1.807, 2.05) is 72.1 Å². The van der Waals surface area contributed by atoms with Gasteiger partial charge in [-0.3, -0.25) is 9.59 Å². The van der Waals surface area contributed by atoms with Gasteiger partial charge >= 0.3 is 0 Å². The summed E-state index contributed by atoms with van der Waals surface area (Å²) in [6, 6.07) is 25.8. The number of hydrogen-bond acceptors (Lipinski definition) is 4. The van der Waals surface area contributed by atoms with Gasteiger partial charge in [0.15, 0.2) is 0 Å². The van der Waals surface area contributed by atoms with Crippen LogP contribution in [0.5, 0.6) is 0 Å². The number of nitrogens with zero attached hydrogens (tertiary/aromatic N) is 1. The average molecular weight is 486 g/mol. The smallest absolute Gasteiger partial charge is 0.261 e. The van der Waals surface area contributed by atoms with Gasteiger partial charge in [-0.25, -0.2) is 0 Å². The first kappa shape index (κ1) is 22.3. The Morgan fingerprint density at radius 3 is 2.53 bits per heavy atom. The normalized spacial score (nSPS) is 11.1. The first-order valence-electron chi connectivity index (χ1n) is 11.0. The zero-order valence-electron chi connectivity index (χ0n) is 18.4. The monoisotopic (exact) mass is 485 g/mol. The van der Waals surface area contributed by atoms with Crippen LogP contribution in [-0.4, -0.2) is 28.7 Å². The molecule has 0 unspecified atom stereocenters. The van der Waals surface area contributed by atoms with Crippen molar-refractivity contribution < 1.29 is 9.59 Å². The van der Waals surface area contributed by atoms with Crippen molar-refractivity contribution in [2.75, 3.05) is 17.6 Å². The summed E-state index contributed by atoms with van der Waals surface area (Å²) in [5, 5.41) is 11.2. The Hall–Kier alpha value is -3.55. The Bertz CT molecular complexity index is 1450. The topological polar surface area (TPSA) is 63.1 Å². The van der Waals surface area contributed by atoms with Gasteiger partial charge in [0.25, 0.3) is 5.91 Å². The van der Waals surface area contributed by atoms with Gasteiger partial charge in [-0.1, -0.05) is 60.7 Å². The molecule has 3 aromatic carbocycles. The van der Waals surface area contributed by atoms with Gasteiger partial charge in [-0.15, -0.1) is 23.1 Å². The van der Waals surface area contributed by atoms with Gasteiger partial charge in [0.05, 0.1) is 10.6 Å². The second-order valence-electron chi connectivity index (χ2n) is 7.80. The van der Waals surface area contributed by atoms with E-state index in [4.69, 9.17) is 0 Å². The maximum atomic E-state index is 12.7. The molecule has 0 spiro atoms. The molecular weight excluding hydrogens is 462 g/mol. The molecule has 5 rings (SSSR count). The van der Waals surface area contributed by atoms with Crippen LogP contribution in [0.4, 0.5) is 5.69 Å². The highest BCUT2D eigenvalue weighted by Crippen LogP contribution is 2.30. The van der Waals surface area contributed by atoms with Crippen molar-refractivity contribution in [2.24, 2.45) is 0 Å². The van der Waals surface area contributed by atoms with Crippen LogP contribution in [0.25, 0.3) is 21.7 Å². The number of fused-ring (bicyclic) bond motifs is 2. The third-order valence-electron chi connectivity index (χ3n) is 5.56. The van der Waals surface area contributed by atoms with Crippen LogP contribution in [0.2, 0.25) is 0 Å². The number of thioether (sulfide) groups is 1. The number of para-hydroxylation sites is 1. The fraction of sp³-hybridized carbons (Fsp3) is 0.111. The highest BCUT2D eigenvalue weighted by molar-refractivity contribution is 8.00. The van der Waals surface area contributed by atoms with E-state index >= 15 is 0 Å². The first-order chi connectivity index (χ1) is 16.7.